The minimum atomic E-state index is -0.974. The summed E-state index contributed by atoms with van der Waals surface area (Å²) in [7, 11) is 0. The molecule has 1 N–H and O–H groups in total. The van der Waals surface area contributed by atoms with Gasteiger partial charge in [0.15, 0.2) is 0 Å². The Bertz CT molecular complexity index is 618. The number of rotatable bonds is 4. The van der Waals surface area contributed by atoms with Gasteiger partial charge in [0.1, 0.15) is 10.1 Å². The van der Waals surface area contributed by atoms with E-state index in [-0.39, 0.29) is 10.7 Å². The molecular weight excluding hydrogens is 294 g/mol. The van der Waals surface area contributed by atoms with Gasteiger partial charge < -0.3 is 5.11 Å². The Morgan fingerprint density at radius 2 is 2.10 bits per heavy atom. The number of carbonyl (C=O) groups excluding carboxylic acids is 1. The molecule has 0 radical (unpaired) electrons. The normalized spacial score (nSPS) is 16.3. The van der Waals surface area contributed by atoms with E-state index >= 15 is 0 Å². The molecule has 0 saturated carbocycles. The predicted molar refractivity (Wildman–Crippen MR) is 84.1 cm³/mol. The highest BCUT2D eigenvalue weighted by Gasteiger charge is 2.21. The van der Waals surface area contributed by atoms with Gasteiger partial charge in [-0.1, -0.05) is 30.0 Å². The minimum Gasteiger partial charge on any atom is -0.478 e. The van der Waals surface area contributed by atoms with Crippen molar-refractivity contribution in [3.63, 3.8) is 0 Å². The lowest BCUT2D eigenvalue weighted by molar-refractivity contribution is -0.107. The Labute approximate surface area is 124 Å². The zero-order valence-corrected chi connectivity index (χ0v) is 12.0. The molecule has 102 valence electrons. The van der Waals surface area contributed by atoms with Gasteiger partial charge in [-0.25, -0.2) is 9.79 Å². The average molecular weight is 305 g/mol. The van der Waals surface area contributed by atoms with Crippen LogP contribution in [0.2, 0.25) is 0 Å². The fraction of sp³-hybridized carbons (Fsp3) is 0.0714. The van der Waals surface area contributed by atoms with Crippen LogP contribution in [0.15, 0.2) is 47.6 Å². The smallest absolute Gasteiger partial charge is 0.335 e. The van der Waals surface area contributed by atoms with Crippen molar-refractivity contribution in [1.82, 2.24) is 0 Å². The van der Waals surface area contributed by atoms with Gasteiger partial charge in [0.05, 0.1) is 5.56 Å². The van der Waals surface area contributed by atoms with Gasteiger partial charge in [-0.2, -0.15) is 0 Å². The second kappa shape index (κ2) is 6.58. The first-order valence-electron chi connectivity index (χ1n) is 5.70. The SMILES string of the molecule is C=CCSC1=N/C(=C/c2ccc(C(=O)O)cc2)C(=O)S1. The van der Waals surface area contributed by atoms with Crippen LogP contribution in [0.3, 0.4) is 0 Å². The number of hydrogen-bond donors (Lipinski definition) is 1. The molecule has 4 nitrogen and oxygen atoms in total. The molecule has 0 atom stereocenters. The van der Waals surface area contributed by atoms with E-state index in [0.29, 0.717) is 15.8 Å². The lowest BCUT2D eigenvalue weighted by Crippen LogP contribution is -1.95. The summed E-state index contributed by atoms with van der Waals surface area (Å²) in [6.07, 6.45) is 3.41. The summed E-state index contributed by atoms with van der Waals surface area (Å²) in [4.78, 5) is 26.8. The lowest BCUT2D eigenvalue weighted by atomic mass is 10.1. The number of thioether (sulfide) groups is 2. The van der Waals surface area contributed by atoms with Crippen LogP contribution in [-0.4, -0.2) is 26.3 Å². The molecule has 20 heavy (non-hydrogen) atoms. The molecule has 0 bridgehead atoms. The first-order valence-corrected chi connectivity index (χ1v) is 7.50. The zero-order chi connectivity index (χ0) is 14.5. The van der Waals surface area contributed by atoms with Crippen LogP contribution in [0.1, 0.15) is 15.9 Å². The molecule has 6 heteroatoms. The van der Waals surface area contributed by atoms with Crippen LogP contribution in [0.25, 0.3) is 6.08 Å². The molecule has 0 spiro atoms. The van der Waals surface area contributed by atoms with E-state index in [4.69, 9.17) is 5.11 Å². The molecule has 1 aliphatic rings. The highest BCUT2D eigenvalue weighted by molar-refractivity contribution is 8.45. The van der Waals surface area contributed by atoms with Gasteiger partial charge in [-0.3, -0.25) is 4.79 Å². The fourth-order valence-corrected chi connectivity index (χ4v) is 3.06. The van der Waals surface area contributed by atoms with E-state index in [2.05, 4.69) is 11.6 Å². The first-order chi connectivity index (χ1) is 9.60. The number of carboxylic acid groups (broad SMARTS) is 1. The Balaban J connectivity index is 2.17. The van der Waals surface area contributed by atoms with Crippen LogP contribution < -0.4 is 0 Å². The van der Waals surface area contributed by atoms with Gasteiger partial charge in [-0.05, 0) is 35.5 Å². The number of carbonyl (C=O) groups is 2. The third-order valence-electron chi connectivity index (χ3n) is 2.39. The third kappa shape index (κ3) is 3.61. The van der Waals surface area contributed by atoms with Crippen molar-refractivity contribution in [2.75, 3.05) is 5.75 Å². The number of aromatic carboxylic acids is 1. The maximum absolute atomic E-state index is 11.8. The van der Waals surface area contributed by atoms with E-state index < -0.39 is 5.97 Å². The van der Waals surface area contributed by atoms with Crippen molar-refractivity contribution >= 4 is 45.1 Å². The first kappa shape index (κ1) is 14.6. The van der Waals surface area contributed by atoms with E-state index in [1.54, 1.807) is 24.3 Å². The van der Waals surface area contributed by atoms with Crippen molar-refractivity contribution in [2.24, 2.45) is 4.99 Å². The molecule has 0 aliphatic carbocycles. The van der Waals surface area contributed by atoms with E-state index in [1.807, 2.05) is 0 Å². The van der Waals surface area contributed by atoms with Crippen LogP contribution in [-0.2, 0) is 4.79 Å². The van der Waals surface area contributed by atoms with Crippen molar-refractivity contribution in [1.29, 1.82) is 0 Å². The Kier molecular flexibility index (Phi) is 4.81. The number of hydrogen-bond acceptors (Lipinski definition) is 5. The Hall–Kier alpha value is -1.79. The van der Waals surface area contributed by atoms with Gasteiger partial charge in [0.25, 0.3) is 0 Å². The highest BCUT2D eigenvalue weighted by atomic mass is 32.2. The molecule has 1 aromatic carbocycles. The van der Waals surface area contributed by atoms with Gasteiger partial charge in [-0.15, -0.1) is 6.58 Å². The van der Waals surface area contributed by atoms with Crippen LogP contribution in [0.4, 0.5) is 0 Å². The third-order valence-corrected chi connectivity index (χ3v) is 4.39. The summed E-state index contributed by atoms with van der Waals surface area (Å²) >= 11 is 2.57. The summed E-state index contributed by atoms with van der Waals surface area (Å²) in [5.74, 6) is -0.266. The predicted octanol–water partition coefficient (Wildman–Crippen LogP) is 3.27. The van der Waals surface area contributed by atoms with Gasteiger partial charge >= 0.3 is 5.97 Å². The van der Waals surface area contributed by atoms with Gasteiger partial charge in [0, 0.05) is 5.75 Å². The highest BCUT2D eigenvalue weighted by Crippen LogP contribution is 2.30. The molecule has 2 rings (SSSR count). The van der Waals surface area contributed by atoms with Crippen molar-refractivity contribution < 1.29 is 14.7 Å². The Morgan fingerprint density at radius 1 is 1.40 bits per heavy atom. The standard InChI is InChI=1S/C14H11NO3S2/c1-2-7-19-14-15-11(13(18)20-14)8-9-3-5-10(6-4-9)12(16)17/h2-6,8H,1,7H2,(H,16,17)/b11-8+. The summed E-state index contributed by atoms with van der Waals surface area (Å²) in [6.45, 7) is 3.62. The maximum Gasteiger partial charge on any atom is 0.335 e. The maximum atomic E-state index is 11.8. The summed E-state index contributed by atoms with van der Waals surface area (Å²) < 4.78 is 0.711. The van der Waals surface area contributed by atoms with E-state index in [9.17, 15) is 9.59 Å². The average Bonchev–Trinajstić information content (AvgIpc) is 2.77. The van der Waals surface area contributed by atoms with Crippen molar-refractivity contribution in [2.45, 2.75) is 0 Å². The molecule has 0 aromatic heterocycles. The lowest BCUT2D eigenvalue weighted by Gasteiger charge is -1.96. The van der Waals surface area contributed by atoms with Crippen LogP contribution in [0.5, 0.6) is 0 Å². The molecular formula is C14H11NO3S2. The monoisotopic (exact) mass is 305 g/mol. The largest absolute Gasteiger partial charge is 0.478 e. The number of benzene rings is 1. The number of nitrogens with zero attached hydrogens (tertiary/aromatic N) is 1. The quantitative estimate of drug-likeness (QED) is 0.683. The molecule has 0 saturated heterocycles. The Morgan fingerprint density at radius 3 is 2.70 bits per heavy atom. The molecule has 1 aliphatic heterocycles. The summed E-state index contributed by atoms with van der Waals surface area (Å²) in [5.41, 5.74) is 1.34. The fourth-order valence-electron chi connectivity index (χ4n) is 1.46. The van der Waals surface area contributed by atoms with Crippen LogP contribution in [0, 0.1) is 0 Å². The van der Waals surface area contributed by atoms with E-state index in [0.717, 1.165) is 17.3 Å². The van der Waals surface area contributed by atoms with E-state index in [1.165, 1.54) is 23.9 Å². The van der Waals surface area contributed by atoms with Gasteiger partial charge in [0.2, 0.25) is 5.12 Å². The van der Waals surface area contributed by atoms with Crippen molar-refractivity contribution in [3.05, 3.63) is 53.7 Å². The second-order valence-electron chi connectivity index (χ2n) is 3.82. The summed E-state index contributed by atoms with van der Waals surface area (Å²) in [5, 5.41) is 8.72. The number of aliphatic imine (C=N–C) groups is 1. The molecule has 0 amide bonds. The van der Waals surface area contributed by atoms with Crippen molar-refractivity contribution in [3.8, 4) is 0 Å². The van der Waals surface area contributed by atoms with Crippen LogP contribution >= 0.6 is 23.5 Å². The second-order valence-corrected chi connectivity index (χ2v) is 6.05. The number of carboxylic acids is 1. The molecule has 0 fully saturated rings. The molecule has 1 aromatic rings. The minimum absolute atomic E-state index is 0.0983. The zero-order valence-electron chi connectivity index (χ0n) is 10.4. The summed E-state index contributed by atoms with van der Waals surface area (Å²) in [6, 6.07) is 6.30. The molecule has 0 unspecified atom stereocenters. The molecule has 1 heterocycles. The topological polar surface area (TPSA) is 66.7 Å².